The number of aryl methyl sites for hydroxylation is 1. The molecular weight excluding hydrogens is 362 g/mol. The Morgan fingerprint density at radius 2 is 2.07 bits per heavy atom. The van der Waals surface area contributed by atoms with Gasteiger partial charge < -0.3 is 14.8 Å². The number of imidazole rings is 1. The van der Waals surface area contributed by atoms with Crippen molar-refractivity contribution in [3.05, 3.63) is 54.1 Å². The van der Waals surface area contributed by atoms with Crippen molar-refractivity contribution in [3.8, 4) is 0 Å². The van der Waals surface area contributed by atoms with Crippen molar-refractivity contribution in [1.82, 2.24) is 24.7 Å². The summed E-state index contributed by atoms with van der Waals surface area (Å²) in [5.74, 6) is 1.18. The molecular formula is C20H30ClN5O. The van der Waals surface area contributed by atoms with Gasteiger partial charge in [0.2, 0.25) is 5.91 Å². The molecule has 1 atom stereocenters. The van der Waals surface area contributed by atoms with E-state index in [0.29, 0.717) is 13.1 Å². The maximum atomic E-state index is 13.1. The highest BCUT2D eigenvalue weighted by atomic mass is 35.5. The molecule has 6 nitrogen and oxygen atoms in total. The number of piperazine rings is 1. The number of aromatic nitrogens is 2. The highest BCUT2D eigenvalue weighted by Gasteiger charge is 2.30. The first-order chi connectivity index (χ1) is 12.6. The van der Waals surface area contributed by atoms with Gasteiger partial charge in [0.1, 0.15) is 5.82 Å². The molecule has 1 aromatic heterocycles. The largest absolute Gasteiger partial charge is 0.337 e. The third kappa shape index (κ3) is 5.31. The molecule has 27 heavy (non-hydrogen) atoms. The predicted molar refractivity (Wildman–Crippen MR) is 110 cm³/mol. The molecule has 1 aliphatic rings. The molecule has 0 aliphatic carbocycles. The zero-order valence-electron chi connectivity index (χ0n) is 16.3. The third-order valence-corrected chi connectivity index (χ3v) is 4.99. The zero-order valence-corrected chi connectivity index (χ0v) is 17.2. The van der Waals surface area contributed by atoms with E-state index in [9.17, 15) is 4.79 Å². The summed E-state index contributed by atoms with van der Waals surface area (Å²) in [5, 5.41) is 3.43. The number of carbonyl (C=O) groups excluding carboxylic acids is 1. The lowest BCUT2D eigenvalue weighted by Gasteiger charge is -2.37. The van der Waals surface area contributed by atoms with Crippen molar-refractivity contribution >= 4 is 18.3 Å². The first-order valence-corrected chi connectivity index (χ1v) is 9.31. The number of hydrogen-bond acceptors (Lipinski definition) is 4. The number of amides is 1. The van der Waals surface area contributed by atoms with Gasteiger partial charge in [0.15, 0.2) is 0 Å². The van der Waals surface area contributed by atoms with Gasteiger partial charge in [0.25, 0.3) is 0 Å². The predicted octanol–water partition coefficient (Wildman–Crippen LogP) is 2.23. The van der Waals surface area contributed by atoms with Gasteiger partial charge >= 0.3 is 0 Å². The van der Waals surface area contributed by atoms with Gasteiger partial charge in [-0.05, 0) is 19.4 Å². The van der Waals surface area contributed by atoms with Crippen LogP contribution in [0, 0.1) is 0 Å². The second-order valence-electron chi connectivity index (χ2n) is 7.19. The minimum atomic E-state index is 0. The molecule has 3 rings (SSSR count). The number of rotatable bonds is 6. The van der Waals surface area contributed by atoms with E-state index >= 15 is 0 Å². The molecule has 0 saturated carbocycles. The lowest BCUT2D eigenvalue weighted by Crippen LogP contribution is -2.51. The van der Waals surface area contributed by atoms with E-state index in [4.69, 9.17) is 0 Å². The van der Waals surface area contributed by atoms with E-state index < -0.39 is 0 Å². The second kappa shape index (κ2) is 9.88. The molecule has 1 aliphatic heterocycles. The Hall–Kier alpha value is -1.89. The Balaban J connectivity index is 0.00000261. The number of nitrogens with one attached hydrogen (secondary N) is 1. The topological polar surface area (TPSA) is 53.4 Å². The van der Waals surface area contributed by atoms with Crippen LogP contribution < -0.4 is 5.32 Å². The lowest BCUT2D eigenvalue weighted by molar-refractivity contribution is -0.135. The fraction of sp³-hybridized carbons (Fsp3) is 0.500. The Morgan fingerprint density at radius 1 is 1.33 bits per heavy atom. The van der Waals surface area contributed by atoms with Crippen LogP contribution in [-0.4, -0.2) is 57.5 Å². The van der Waals surface area contributed by atoms with Crippen LogP contribution in [0.15, 0.2) is 42.7 Å². The molecule has 0 radical (unpaired) electrons. The van der Waals surface area contributed by atoms with E-state index in [1.54, 1.807) is 0 Å². The van der Waals surface area contributed by atoms with Crippen LogP contribution in [0.5, 0.6) is 0 Å². The van der Waals surface area contributed by atoms with Gasteiger partial charge in [-0.1, -0.05) is 30.3 Å². The number of benzene rings is 1. The van der Waals surface area contributed by atoms with Crippen LogP contribution in [0.2, 0.25) is 0 Å². The number of carbonyl (C=O) groups is 1. The molecule has 1 N–H and O–H groups in total. The average molecular weight is 392 g/mol. The van der Waals surface area contributed by atoms with E-state index in [0.717, 1.165) is 31.0 Å². The summed E-state index contributed by atoms with van der Waals surface area (Å²) in [6, 6.07) is 10.5. The van der Waals surface area contributed by atoms with E-state index in [1.165, 1.54) is 0 Å². The maximum absolute atomic E-state index is 13.1. The quantitative estimate of drug-likeness (QED) is 0.820. The van der Waals surface area contributed by atoms with Crippen molar-refractivity contribution in [2.24, 2.45) is 7.05 Å². The van der Waals surface area contributed by atoms with Crippen LogP contribution in [-0.2, 0) is 18.4 Å². The standard InChI is InChI=1S/C20H29N5O.ClH/c1-16(2)25(14-17-7-5-4-6-8-17)19(26)15-24-12-9-21-13-18(24)20-22-10-11-23(20)3;/h4-8,10-11,16,18,21H,9,12-15H2,1-3H3;1H. The molecule has 0 bridgehead atoms. The Bertz CT molecular complexity index is 718. The summed E-state index contributed by atoms with van der Waals surface area (Å²) in [6.45, 7) is 7.79. The second-order valence-corrected chi connectivity index (χ2v) is 7.19. The Morgan fingerprint density at radius 3 is 2.70 bits per heavy atom. The number of hydrogen-bond donors (Lipinski definition) is 1. The molecule has 1 aromatic carbocycles. The van der Waals surface area contributed by atoms with Crippen molar-refractivity contribution in [1.29, 1.82) is 0 Å². The minimum absolute atomic E-state index is 0. The fourth-order valence-electron chi connectivity index (χ4n) is 3.49. The van der Waals surface area contributed by atoms with Gasteiger partial charge in [-0.15, -0.1) is 12.4 Å². The fourth-order valence-corrected chi connectivity index (χ4v) is 3.49. The highest BCUT2D eigenvalue weighted by Crippen LogP contribution is 2.21. The molecule has 7 heteroatoms. The molecule has 148 valence electrons. The minimum Gasteiger partial charge on any atom is -0.337 e. The molecule has 1 fully saturated rings. The van der Waals surface area contributed by atoms with E-state index in [1.807, 2.05) is 47.1 Å². The van der Waals surface area contributed by atoms with Crippen LogP contribution in [0.4, 0.5) is 0 Å². The van der Waals surface area contributed by atoms with Crippen molar-refractivity contribution in [2.75, 3.05) is 26.2 Å². The third-order valence-electron chi connectivity index (χ3n) is 4.99. The van der Waals surface area contributed by atoms with Crippen LogP contribution in [0.1, 0.15) is 31.3 Å². The zero-order chi connectivity index (χ0) is 18.5. The summed E-state index contributed by atoms with van der Waals surface area (Å²) in [7, 11) is 2.01. The molecule has 1 saturated heterocycles. The maximum Gasteiger partial charge on any atom is 0.237 e. The summed E-state index contributed by atoms with van der Waals surface area (Å²) in [5.41, 5.74) is 1.16. The van der Waals surface area contributed by atoms with E-state index in [-0.39, 0.29) is 30.4 Å². The molecule has 2 aromatic rings. The summed E-state index contributed by atoms with van der Waals surface area (Å²) in [4.78, 5) is 21.8. The first-order valence-electron chi connectivity index (χ1n) is 9.31. The first kappa shape index (κ1) is 21.4. The Kier molecular flexibility index (Phi) is 7.83. The molecule has 0 spiro atoms. The summed E-state index contributed by atoms with van der Waals surface area (Å²) < 4.78 is 2.04. The summed E-state index contributed by atoms with van der Waals surface area (Å²) in [6.07, 6.45) is 3.78. The van der Waals surface area contributed by atoms with Gasteiger partial charge in [-0.3, -0.25) is 9.69 Å². The molecule has 2 heterocycles. The SMILES string of the molecule is CC(C)N(Cc1ccccc1)C(=O)CN1CCNCC1c1nccn1C.Cl. The van der Waals surface area contributed by atoms with E-state index in [2.05, 4.69) is 41.2 Å². The highest BCUT2D eigenvalue weighted by molar-refractivity contribution is 5.85. The van der Waals surface area contributed by atoms with Crippen LogP contribution in [0.25, 0.3) is 0 Å². The average Bonchev–Trinajstić information content (AvgIpc) is 3.06. The van der Waals surface area contributed by atoms with Gasteiger partial charge in [0.05, 0.1) is 12.6 Å². The number of nitrogens with zero attached hydrogens (tertiary/aromatic N) is 4. The van der Waals surface area contributed by atoms with Gasteiger partial charge in [0, 0.05) is 51.7 Å². The molecule has 1 amide bonds. The van der Waals surface area contributed by atoms with Crippen LogP contribution >= 0.6 is 12.4 Å². The lowest BCUT2D eigenvalue weighted by atomic mass is 10.1. The smallest absolute Gasteiger partial charge is 0.237 e. The van der Waals surface area contributed by atoms with Crippen LogP contribution in [0.3, 0.4) is 0 Å². The normalized spacial score (nSPS) is 17.6. The Labute approximate surface area is 168 Å². The van der Waals surface area contributed by atoms with Gasteiger partial charge in [-0.2, -0.15) is 0 Å². The van der Waals surface area contributed by atoms with Crippen molar-refractivity contribution in [2.45, 2.75) is 32.5 Å². The van der Waals surface area contributed by atoms with Crippen molar-refractivity contribution in [3.63, 3.8) is 0 Å². The van der Waals surface area contributed by atoms with Crippen molar-refractivity contribution < 1.29 is 4.79 Å². The monoisotopic (exact) mass is 391 g/mol. The summed E-state index contributed by atoms with van der Waals surface area (Å²) >= 11 is 0. The van der Waals surface area contributed by atoms with Gasteiger partial charge in [-0.25, -0.2) is 4.98 Å². The number of halogens is 1. The molecule has 1 unspecified atom stereocenters.